The Labute approximate surface area is 175 Å². The number of amides is 1. The molecular weight excluding hydrogens is 408 g/mol. The van der Waals surface area contributed by atoms with Crippen LogP contribution in [0.5, 0.6) is 0 Å². The van der Waals surface area contributed by atoms with E-state index in [1.54, 1.807) is 0 Å². The van der Waals surface area contributed by atoms with Crippen LogP contribution < -0.4 is 5.48 Å². The molecule has 0 radical (unpaired) electrons. The lowest BCUT2D eigenvalue weighted by atomic mass is 9.96. The van der Waals surface area contributed by atoms with Crippen molar-refractivity contribution in [1.29, 1.82) is 0 Å². The normalized spacial score (nSPS) is 17.2. The molecule has 0 aliphatic carbocycles. The van der Waals surface area contributed by atoms with E-state index >= 15 is 0 Å². The van der Waals surface area contributed by atoms with Crippen LogP contribution in [-0.4, -0.2) is 48.0 Å². The van der Waals surface area contributed by atoms with Crippen LogP contribution in [0.4, 0.5) is 0 Å². The van der Waals surface area contributed by atoms with Crippen LogP contribution in [0.15, 0.2) is 47.6 Å². The van der Waals surface area contributed by atoms with E-state index in [1.807, 2.05) is 49.4 Å². The summed E-state index contributed by atoms with van der Waals surface area (Å²) in [5, 5.41) is 20.7. The fourth-order valence-electron chi connectivity index (χ4n) is 3.50. The second-order valence-corrected chi connectivity index (χ2v) is 9.61. The Balaban J connectivity index is 1.70. The number of hydrogen-bond donors (Lipinski definition) is 3. The number of aryl methyl sites for hydroxylation is 1. The summed E-state index contributed by atoms with van der Waals surface area (Å²) in [7, 11) is -3.71. The minimum atomic E-state index is -3.71. The van der Waals surface area contributed by atoms with Crippen molar-refractivity contribution in [1.82, 2.24) is 5.48 Å². The lowest BCUT2D eigenvalue weighted by Crippen LogP contribution is -2.40. The highest BCUT2D eigenvalue weighted by molar-refractivity contribution is 7.92. The Kier molecular flexibility index (Phi) is 6.55. The second kappa shape index (κ2) is 8.95. The quantitative estimate of drug-likeness (QED) is 0.454. The number of nitrogens with one attached hydrogen (secondary N) is 1. The van der Waals surface area contributed by atoms with Gasteiger partial charge in [0.05, 0.1) is 12.3 Å². The van der Waals surface area contributed by atoms with E-state index in [1.165, 1.54) is 5.48 Å². The van der Waals surface area contributed by atoms with Gasteiger partial charge in [-0.2, -0.15) is 0 Å². The zero-order chi connectivity index (χ0) is 21.9. The van der Waals surface area contributed by atoms with Crippen molar-refractivity contribution in [3.8, 4) is 11.1 Å². The Morgan fingerprint density at radius 1 is 1.23 bits per heavy atom. The highest BCUT2D eigenvalue weighted by atomic mass is 32.2. The number of hydrogen-bond acceptors (Lipinski definition) is 7. The van der Waals surface area contributed by atoms with Crippen molar-refractivity contribution in [3.05, 3.63) is 59.2 Å². The predicted molar refractivity (Wildman–Crippen MR) is 112 cm³/mol. The molecule has 0 saturated carbocycles. The molecule has 2 aromatic rings. The molecule has 0 fully saturated rings. The molecule has 1 aliphatic heterocycles. The van der Waals surface area contributed by atoms with E-state index in [0.29, 0.717) is 12.1 Å². The molecule has 2 aromatic carbocycles. The van der Waals surface area contributed by atoms with E-state index in [9.17, 15) is 18.3 Å². The van der Waals surface area contributed by atoms with E-state index < -0.39 is 27.1 Å². The van der Waals surface area contributed by atoms with Gasteiger partial charge in [0.2, 0.25) is 0 Å². The van der Waals surface area contributed by atoms with Crippen LogP contribution in [0.3, 0.4) is 0 Å². The summed E-state index contributed by atoms with van der Waals surface area (Å²) < 4.78 is 23.7. The molecule has 0 aromatic heterocycles. The van der Waals surface area contributed by atoms with Crippen molar-refractivity contribution in [3.63, 3.8) is 0 Å². The maximum absolute atomic E-state index is 11.8. The van der Waals surface area contributed by atoms with Crippen LogP contribution in [0.1, 0.15) is 29.5 Å². The predicted octanol–water partition coefficient (Wildman–Crippen LogP) is 1.96. The Bertz CT molecular complexity index is 1060. The zero-order valence-electron chi connectivity index (χ0n) is 16.7. The second-order valence-electron chi connectivity index (χ2n) is 7.38. The molecule has 9 heteroatoms. The molecule has 1 unspecified atom stereocenters. The molecule has 0 saturated heterocycles. The van der Waals surface area contributed by atoms with Crippen LogP contribution >= 0.6 is 0 Å². The third-order valence-electron chi connectivity index (χ3n) is 5.13. The molecule has 8 nitrogen and oxygen atoms in total. The van der Waals surface area contributed by atoms with Crippen molar-refractivity contribution >= 4 is 21.5 Å². The number of hydroxylamine groups is 1. The molecule has 160 valence electrons. The Morgan fingerprint density at radius 2 is 1.90 bits per heavy atom. The number of benzene rings is 2. The highest BCUT2D eigenvalue weighted by Crippen LogP contribution is 2.27. The number of carbonyl (C=O) groups is 1. The van der Waals surface area contributed by atoms with Crippen molar-refractivity contribution in [2.75, 3.05) is 6.26 Å². The average Bonchev–Trinajstić information content (AvgIpc) is 3.19. The van der Waals surface area contributed by atoms with Crippen LogP contribution in [-0.2, 0) is 26.1 Å². The van der Waals surface area contributed by atoms with Gasteiger partial charge in [0.1, 0.15) is 11.4 Å². The number of carbonyl (C=O) groups excluding carboxylic acids is 1. The average molecular weight is 432 g/mol. The maximum atomic E-state index is 11.8. The first-order valence-electron chi connectivity index (χ1n) is 9.39. The lowest BCUT2D eigenvalue weighted by molar-refractivity contribution is -0.129. The van der Waals surface area contributed by atoms with Gasteiger partial charge >= 0.3 is 0 Å². The van der Waals surface area contributed by atoms with Gasteiger partial charge in [-0.3, -0.25) is 10.0 Å². The summed E-state index contributed by atoms with van der Waals surface area (Å²) >= 11 is 0. The van der Waals surface area contributed by atoms with Crippen molar-refractivity contribution in [2.45, 2.75) is 37.7 Å². The topological polar surface area (TPSA) is 125 Å². The zero-order valence-corrected chi connectivity index (χ0v) is 17.5. The largest absolute Gasteiger partial charge is 0.392 e. The minimum Gasteiger partial charge on any atom is -0.392 e. The van der Waals surface area contributed by atoms with Gasteiger partial charge in [0, 0.05) is 19.1 Å². The third-order valence-corrected chi connectivity index (χ3v) is 6.57. The van der Waals surface area contributed by atoms with Gasteiger partial charge in [0.25, 0.3) is 5.91 Å². The van der Waals surface area contributed by atoms with Crippen LogP contribution in [0.2, 0.25) is 0 Å². The molecule has 2 atom stereocenters. The molecule has 1 heterocycles. The fraction of sp³-hybridized carbons (Fsp3) is 0.333. The number of sulfone groups is 1. The van der Waals surface area contributed by atoms with Gasteiger partial charge in [-0.15, -0.1) is 0 Å². The molecule has 1 aliphatic rings. The maximum Gasteiger partial charge on any atom is 0.261 e. The summed E-state index contributed by atoms with van der Waals surface area (Å²) in [6.07, 6.45) is 0.614. The Hall–Kier alpha value is -2.75. The summed E-state index contributed by atoms with van der Waals surface area (Å²) in [4.78, 5) is 17.0. The van der Waals surface area contributed by atoms with Crippen LogP contribution in [0, 0.1) is 6.92 Å². The molecule has 3 N–H and O–H groups in total. The standard InChI is InChI=1S/C21H24N2O6S/c1-13-9-14(12-24)3-8-18(13)15-4-6-16(7-5-15)19-10-17(29-23-19)11-20(21(25)22-26)30(2,27)28/h3-9,17,20,24,26H,10-12H2,1-2H3,(H,22,25)/t17-,20?/m1/s1. The summed E-state index contributed by atoms with van der Waals surface area (Å²) in [6.45, 7) is 1.99. The third kappa shape index (κ3) is 4.86. The van der Waals surface area contributed by atoms with Crippen LogP contribution in [0.25, 0.3) is 11.1 Å². The van der Waals surface area contributed by atoms with Crippen molar-refractivity contribution in [2.24, 2.45) is 5.16 Å². The van der Waals surface area contributed by atoms with E-state index in [4.69, 9.17) is 10.0 Å². The van der Waals surface area contributed by atoms with Gasteiger partial charge in [-0.1, -0.05) is 47.6 Å². The monoisotopic (exact) mass is 432 g/mol. The number of nitrogens with zero attached hydrogens (tertiary/aromatic N) is 1. The summed E-state index contributed by atoms with van der Waals surface area (Å²) in [6, 6.07) is 13.6. The first-order chi connectivity index (χ1) is 14.2. The van der Waals surface area contributed by atoms with Gasteiger partial charge < -0.3 is 9.94 Å². The molecule has 1 amide bonds. The van der Waals surface area contributed by atoms with Gasteiger partial charge in [-0.25, -0.2) is 13.9 Å². The smallest absolute Gasteiger partial charge is 0.261 e. The van der Waals surface area contributed by atoms with Crippen molar-refractivity contribution < 1.29 is 28.4 Å². The molecular formula is C21H24N2O6S. The Morgan fingerprint density at radius 3 is 2.47 bits per heavy atom. The number of rotatable bonds is 7. The van der Waals surface area contributed by atoms with E-state index in [2.05, 4.69) is 5.16 Å². The van der Waals surface area contributed by atoms with E-state index in [-0.39, 0.29) is 13.0 Å². The minimum absolute atomic E-state index is 0.00119. The number of aliphatic hydroxyl groups is 1. The molecule has 0 spiro atoms. The number of aliphatic hydroxyl groups excluding tert-OH is 1. The molecule has 3 rings (SSSR count). The first kappa shape index (κ1) is 21.9. The van der Waals surface area contributed by atoms with E-state index in [0.717, 1.165) is 34.1 Å². The first-order valence-corrected chi connectivity index (χ1v) is 11.3. The fourth-order valence-corrected chi connectivity index (χ4v) is 4.51. The number of oxime groups is 1. The highest BCUT2D eigenvalue weighted by Gasteiger charge is 2.35. The summed E-state index contributed by atoms with van der Waals surface area (Å²) in [5.74, 6) is -0.985. The molecule has 0 bridgehead atoms. The van der Waals surface area contributed by atoms with Gasteiger partial charge in [0.15, 0.2) is 9.84 Å². The SMILES string of the molecule is Cc1cc(CO)ccc1-c1ccc(C2=NO[C@@H](CC(C(=O)NO)S(C)(=O)=O)C2)cc1. The lowest BCUT2D eigenvalue weighted by Gasteiger charge is -2.16. The summed E-state index contributed by atoms with van der Waals surface area (Å²) in [5.41, 5.74) is 6.90. The molecule has 30 heavy (non-hydrogen) atoms. The van der Waals surface area contributed by atoms with Gasteiger partial charge in [-0.05, 0) is 34.7 Å².